The zero-order valence-electron chi connectivity index (χ0n) is 4.68. The molecule has 0 saturated carbocycles. The molecular formula is H8MnNiO8W-4. The minimum atomic E-state index is 0. The molecule has 0 saturated heterocycles. The fourth-order valence-electron chi connectivity index (χ4n) is 0. The molecule has 0 aliphatic heterocycles. The summed E-state index contributed by atoms with van der Waals surface area (Å²) in [6, 6.07) is 0. The van der Waals surface area contributed by atoms with Gasteiger partial charge in [-0.1, -0.05) is 0 Å². The smallest absolute Gasteiger partial charge is 0.870 e. The molecule has 8 N–H and O–H groups in total. The Bertz CT molecular complexity index is 14.1. The topological polar surface area (TPSA) is 240 Å². The van der Waals surface area contributed by atoms with Crippen molar-refractivity contribution in [1.82, 2.24) is 0 Å². The molecule has 0 rings (SSSR count). The molecule has 83 valence electrons. The average Bonchev–Trinajstić information content (AvgIpc) is 0. The van der Waals surface area contributed by atoms with Gasteiger partial charge < -0.3 is 43.8 Å². The van der Waals surface area contributed by atoms with E-state index >= 15 is 0 Å². The maximum atomic E-state index is 0. The number of hydrogen-bond acceptors (Lipinski definition) is 8. The van der Waals surface area contributed by atoms with Crippen LogP contribution in [-0.2, 0) is 54.6 Å². The van der Waals surface area contributed by atoms with Gasteiger partial charge in [-0.3, -0.25) is 0 Å². The van der Waals surface area contributed by atoms with Crippen LogP contribution in [0.5, 0.6) is 0 Å². The monoisotopic (exact) mass is 433 g/mol. The fourth-order valence-corrected chi connectivity index (χ4v) is 0. The van der Waals surface area contributed by atoms with E-state index < -0.39 is 0 Å². The molecule has 0 heterocycles. The molecule has 11 heavy (non-hydrogen) atoms. The van der Waals surface area contributed by atoms with Crippen molar-refractivity contribution in [1.29, 1.82) is 0 Å². The van der Waals surface area contributed by atoms with Crippen LogP contribution in [0.2, 0.25) is 0 Å². The largest absolute Gasteiger partial charge is 2.00 e. The summed E-state index contributed by atoms with van der Waals surface area (Å²) in [5, 5.41) is 0. The van der Waals surface area contributed by atoms with E-state index in [2.05, 4.69) is 0 Å². The van der Waals surface area contributed by atoms with E-state index in [0.717, 1.165) is 0 Å². The molecule has 0 spiro atoms. The van der Waals surface area contributed by atoms with E-state index in [9.17, 15) is 0 Å². The molecule has 0 bridgehead atoms. The van der Waals surface area contributed by atoms with Crippen molar-refractivity contribution in [3.05, 3.63) is 0 Å². The number of rotatable bonds is 0. The Hall–Kier alpha value is 1.38. The van der Waals surface area contributed by atoms with Crippen LogP contribution in [0.15, 0.2) is 0 Å². The predicted octanol–water partition coefficient (Wildman–Crippen LogP) is -1.42. The van der Waals surface area contributed by atoms with Gasteiger partial charge in [0.2, 0.25) is 0 Å². The second-order valence-corrected chi connectivity index (χ2v) is 0. The third kappa shape index (κ3) is 525. The first-order chi connectivity index (χ1) is 0. The van der Waals surface area contributed by atoms with Crippen LogP contribution in [0.4, 0.5) is 0 Å². The summed E-state index contributed by atoms with van der Waals surface area (Å²) >= 11 is 0. The van der Waals surface area contributed by atoms with E-state index in [1.54, 1.807) is 0 Å². The average molecular weight is 434 g/mol. The zero-order valence-corrected chi connectivity index (χ0v) is 9.78. The van der Waals surface area contributed by atoms with E-state index in [1.807, 2.05) is 0 Å². The van der Waals surface area contributed by atoms with E-state index in [1.165, 1.54) is 0 Å². The van der Waals surface area contributed by atoms with Crippen molar-refractivity contribution < 1.29 is 98.4 Å². The van der Waals surface area contributed by atoms with Gasteiger partial charge in [0, 0.05) is 21.1 Å². The Morgan fingerprint density at radius 3 is 0.364 bits per heavy atom. The minimum Gasteiger partial charge on any atom is -0.870 e. The minimum absolute atomic E-state index is 0. The summed E-state index contributed by atoms with van der Waals surface area (Å²) in [5.41, 5.74) is 0. The summed E-state index contributed by atoms with van der Waals surface area (Å²) in [5.74, 6) is 0. The normalized spacial score (nSPS) is 0. The van der Waals surface area contributed by atoms with Gasteiger partial charge in [0.25, 0.3) is 0 Å². The van der Waals surface area contributed by atoms with Gasteiger partial charge in [0.15, 0.2) is 0 Å². The van der Waals surface area contributed by atoms with Crippen molar-refractivity contribution in [2.45, 2.75) is 0 Å². The van der Waals surface area contributed by atoms with Crippen LogP contribution in [-0.4, -0.2) is 43.8 Å². The van der Waals surface area contributed by atoms with Crippen LogP contribution in [0.25, 0.3) is 0 Å². The SMILES string of the molecule is [Mn+2].[Ni+2].[OH-].[OH-].[OH-].[OH-].[OH-].[OH-].[OH-].[OH-].[W]. The van der Waals surface area contributed by atoms with Crippen LogP contribution >= 0.6 is 0 Å². The third-order valence-electron chi connectivity index (χ3n) is 0. The van der Waals surface area contributed by atoms with Crippen LogP contribution in [0, 0.1) is 0 Å². The van der Waals surface area contributed by atoms with Crippen molar-refractivity contribution in [3.63, 3.8) is 0 Å². The molecule has 0 amide bonds. The van der Waals surface area contributed by atoms with Gasteiger partial charge in [-0.05, 0) is 0 Å². The maximum Gasteiger partial charge on any atom is 2.00 e. The molecule has 1 radical (unpaired) electrons. The number of hydrogen-bond donors (Lipinski definition) is 0. The van der Waals surface area contributed by atoms with Crippen molar-refractivity contribution in [2.75, 3.05) is 0 Å². The van der Waals surface area contributed by atoms with E-state index in [-0.39, 0.29) is 98.4 Å². The van der Waals surface area contributed by atoms with Crippen molar-refractivity contribution in [2.24, 2.45) is 0 Å². The van der Waals surface area contributed by atoms with Crippen LogP contribution in [0.3, 0.4) is 0 Å². The van der Waals surface area contributed by atoms with Crippen LogP contribution < -0.4 is 0 Å². The Labute approximate surface area is 98.2 Å². The second-order valence-electron chi connectivity index (χ2n) is 0. The van der Waals surface area contributed by atoms with Crippen molar-refractivity contribution in [3.8, 4) is 0 Å². The first-order valence-electron chi connectivity index (χ1n) is 0. The Morgan fingerprint density at radius 2 is 0.364 bits per heavy atom. The molecule has 8 nitrogen and oxygen atoms in total. The van der Waals surface area contributed by atoms with E-state index in [0.29, 0.717) is 0 Å². The summed E-state index contributed by atoms with van der Waals surface area (Å²) in [7, 11) is 0. The Morgan fingerprint density at radius 1 is 0.364 bits per heavy atom. The fraction of sp³-hybridized carbons (Fsp3) is 0. The first-order valence-corrected chi connectivity index (χ1v) is 0. The van der Waals surface area contributed by atoms with Gasteiger partial charge in [-0.25, -0.2) is 0 Å². The third-order valence-corrected chi connectivity index (χ3v) is 0. The van der Waals surface area contributed by atoms with Gasteiger partial charge in [0.05, 0.1) is 0 Å². The van der Waals surface area contributed by atoms with Gasteiger partial charge in [-0.2, -0.15) is 0 Å². The van der Waals surface area contributed by atoms with Gasteiger partial charge in [-0.15, -0.1) is 0 Å². The Balaban J connectivity index is 0. The molecule has 0 atom stereocenters. The molecule has 0 fully saturated rings. The summed E-state index contributed by atoms with van der Waals surface area (Å²) in [4.78, 5) is 0. The molecule has 0 aromatic carbocycles. The molecule has 11 heteroatoms. The molecule has 0 unspecified atom stereocenters. The molecular weight excluding hydrogens is 425 g/mol. The standard InChI is InChI=1S/Mn.Ni.8H2O.W/h;;8*1H2;/q2*+2;;;;;;;;;/p-8. The van der Waals surface area contributed by atoms with Crippen molar-refractivity contribution >= 4 is 0 Å². The molecule has 0 aromatic heterocycles. The zero-order chi connectivity index (χ0) is 0. The maximum absolute atomic E-state index is 0. The summed E-state index contributed by atoms with van der Waals surface area (Å²) in [6.07, 6.45) is 0. The van der Waals surface area contributed by atoms with Gasteiger partial charge >= 0.3 is 33.6 Å². The Kier molecular flexibility index (Phi) is 49100. The predicted molar refractivity (Wildman–Crippen MR) is 15.5 cm³/mol. The quantitative estimate of drug-likeness (QED) is 0.409. The first kappa shape index (κ1) is 841. The molecule has 0 aromatic rings. The second kappa shape index (κ2) is 643. The van der Waals surface area contributed by atoms with Gasteiger partial charge in [0.1, 0.15) is 0 Å². The van der Waals surface area contributed by atoms with E-state index in [4.69, 9.17) is 0 Å². The molecule has 0 aliphatic rings. The summed E-state index contributed by atoms with van der Waals surface area (Å²) in [6.45, 7) is 0. The molecule has 0 aliphatic carbocycles. The summed E-state index contributed by atoms with van der Waals surface area (Å²) < 4.78 is 0. The van der Waals surface area contributed by atoms with Crippen LogP contribution in [0.1, 0.15) is 0 Å².